The van der Waals surface area contributed by atoms with Crippen molar-refractivity contribution in [3.05, 3.63) is 125 Å². The molecule has 8 heteroatoms. The van der Waals surface area contributed by atoms with Crippen LogP contribution in [0.4, 0.5) is 0 Å². The highest BCUT2D eigenvalue weighted by atomic mass is 16.5. The zero-order valence-corrected chi connectivity index (χ0v) is 23.3. The van der Waals surface area contributed by atoms with Crippen molar-refractivity contribution in [3.63, 3.8) is 0 Å². The van der Waals surface area contributed by atoms with Crippen LogP contribution in [-0.4, -0.2) is 40.8 Å². The van der Waals surface area contributed by atoms with Crippen molar-refractivity contribution in [1.29, 1.82) is 0 Å². The van der Waals surface area contributed by atoms with Gasteiger partial charge in [-0.1, -0.05) is 78.9 Å². The summed E-state index contributed by atoms with van der Waals surface area (Å²) in [6.45, 7) is 1.68. The van der Waals surface area contributed by atoms with E-state index >= 15 is 0 Å². The van der Waals surface area contributed by atoms with Crippen molar-refractivity contribution < 1.29 is 19.1 Å². The van der Waals surface area contributed by atoms with E-state index in [0.717, 1.165) is 38.9 Å². The Hall–Kier alpha value is -5.37. The number of fused-ring (bicyclic) bond motifs is 2. The van der Waals surface area contributed by atoms with Crippen LogP contribution in [-0.2, 0) is 16.0 Å². The van der Waals surface area contributed by atoms with Gasteiger partial charge in [0.05, 0.1) is 25.3 Å². The van der Waals surface area contributed by atoms with E-state index in [4.69, 9.17) is 4.74 Å². The summed E-state index contributed by atoms with van der Waals surface area (Å²) in [6.07, 6.45) is 0.0745. The molecule has 1 aliphatic rings. The van der Waals surface area contributed by atoms with E-state index in [-0.39, 0.29) is 18.2 Å². The second kappa shape index (κ2) is 11.2. The molecule has 2 unspecified atom stereocenters. The first-order valence-corrected chi connectivity index (χ1v) is 13.8. The summed E-state index contributed by atoms with van der Waals surface area (Å²) in [5.74, 6) is -0.425. The van der Waals surface area contributed by atoms with Gasteiger partial charge in [-0.05, 0) is 47.9 Å². The molecule has 0 aliphatic carbocycles. The Balaban J connectivity index is 1.32. The fourth-order valence-electron chi connectivity index (χ4n) is 5.65. The molecule has 0 bridgehead atoms. The maximum absolute atomic E-state index is 13.9. The Bertz CT molecular complexity index is 1780. The Labute approximate surface area is 243 Å². The minimum atomic E-state index is -0.895. The summed E-state index contributed by atoms with van der Waals surface area (Å²) in [5.41, 5.74) is 10.9. The van der Waals surface area contributed by atoms with Crippen LogP contribution >= 0.6 is 0 Å². The summed E-state index contributed by atoms with van der Waals surface area (Å²) >= 11 is 0. The van der Waals surface area contributed by atoms with Gasteiger partial charge in [0.1, 0.15) is 11.8 Å². The molecule has 6 rings (SSSR count). The number of methoxy groups -OCH3 is 1. The lowest BCUT2D eigenvalue weighted by molar-refractivity contribution is -0.131. The number of aromatic amines is 1. The van der Waals surface area contributed by atoms with E-state index in [1.165, 1.54) is 0 Å². The van der Waals surface area contributed by atoms with Gasteiger partial charge in [0, 0.05) is 22.0 Å². The van der Waals surface area contributed by atoms with E-state index < -0.39 is 18.0 Å². The molecule has 0 spiro atoms. The summed E-state index contributed by atoms with van der Waals surface area (Å²) in [5, 5.41) is 0.969. The summed E-state index contributed by atoms with van der Waals surface area (Å²) in [6, 6.07) is 31.1. The average Bonchev–Trinajstić information content (AvgIpc) is 3.55. The molecule has 8 nitrogen and oxygen atoms in total. The molecule has 4 aromatic carbocycles. The Morgan fingerprint density at radius 1 is 0.881 bits per heavy atom. The Morgan fingerprint density at radius 3 is 2.33 bits per heavy atom. The third-order valence-corrected chi connectivity index (χ3v) is 7.73. The molecular formula is C34H30N4O4. The number of hydrazine groups is 1. The average molecular weight is 559 g/mol. The number of nitrogens with zero attached hydrogens (tertiary/aromatic N) is 1. The maximum atomic E-state index is 13.9. The topological polar surface area (TPSA) is 104 Å². The van der Waals surface area contributed by atoms with E-state index in [9.17, 15) is 14.4 Å². The van der Waals surface area contributed by atoms with Crippen LogP contribution in [0.25, 0.3) is 22.2 Å². The van der Waals surface area contributed by atoms with E-state index in [2.05, 4.69) is 15.8 Å². The van der Waals surface area contributed by atoms with Gasteiger partial charge in [-0.3, -0.25) is 25.2 Å². The number of carbonyl (C=O) groups is 3. The molecule has 210 valence electrons. The largest absolute Gasteiger partial charge is 0.497 e. The number of hydrogen-bond donors (Lipinski definition) is 3. The molecular weight excluding hydrogens is 528 g/mol. The third kappa shape index (κ3) is 4.88. The second-order valence-corrected chi connectivity index (χ2v) is 10.3. The van der Waals surface area contributed by atoms with Crippen molar-refractivity contribution >= 4 is 28.6 Å². The Morgan fingerprint density at radius 2 is 1.57 bits per heavy atom. The molecule has 3 amide bonds. The minimum Gasteiger partial charge on any atom is -0.497 e. The zero-order valence-electron chi connectivity index (χ0n) is 23.3. The van der Waals surface area contributed by atoms with Gasteiger partial charge < -0.3 is 14.6 Å². The standard InChI is InChI=1S/C34H30N4O4/c1-21(33(40)37-36-29(39)20-22-16-18-24(42-2)19-17-22)38-32(25-12-6-7-13-26(25)34(38)41)30-27-14-8-9-15-28(27)35-31(30)23-10-4-3-5-11-23/h3-19,21,32,35H,20H2,1-2H3,(H,36,39)(H,37,40). The quantitative estimate of drug-likeness (QED) is 0.240. The minimum absolute atomic E-state index is 0.0745. The van der Waals surface area contributed by atoms with E-state index in [1.54, 1.807) is 49.3 Å². The van der Waals surface area contributed by atoms with Crippen molar-refractivity contribution in [2.75, 3.05) is 7.11 Å². The molecule has 0 radical (unpaired) electrons. The van der Waals surface area contributed by atoms with Gasteiger partial charge in [-0.2, -0.15) is 0 Å². The fraction of sp³-hybridized carbons (Fsp3) is 0.147. The number of H-pyrrole nitrogens is 1. The number of nitrogens with one attached hydrogen (secondary N) is 3. The fourth-order valence-corrected chi connectivity index (χ4v) is 5.65. The first-order valence-electron chi connectivity index (χ1n) is 13.8. The molecule has 1 aliphatic heterocycles. The first-order chi connectivity index (χ1) is 20.5. The molecule has 5 aromatic rings. The molecule has 42 heavy (non-hydrogen) atoms. The number of para-hydroxylation sites is 1. The normalized spacial score (nSPS) is 14.9. The number of hydrogen-bond acceptors (Lipinski definition) is 4. The lowest BCUT2D eigenvalue weighted by Gasteiger charge is -2.31. The van der Waals surface area contributed by atoms with Crippen LogP contribution in [0.5, 0.6) is 5.75 Å². The lowest BCUT2D eigenvalue weighted by Crippen LogP contribution is -2.52. The van der Waals surface area contributed by atoms with Crippen LogP contribution in [0, 0.1) is 0 Å². The van der Waals surface area contributed by atoms with Crippen LogP contribution in [0.2, 0.25) is 0 Å². The molecule has 1 aromatic heterocycles. The van der Waals surface area contributed by atoms with Gasteiger partial charge in [-0.15, -0.1) is 0 Å². The number of rotatable bonds is 7. The number of carbonyl (C=O) groups excluding carboxylic acids is 3. The predicted octanol–water partition coefficient (Wildman–Crippen LogP) is 5.17. The number of aromatic nitrogens is 1. The van der Waals surface area contributed by atoms with E-state index in [0.29, 0.717) is 11.3 Å². The van der Waals surface area contributed by atoms with Crippen LogP contribution in [0.15, 0.2) is 103 Å². The second-order valence-electron chi connectivity index (χ2n) is 10.3. The summed E-state index contributed by atoms with van der Waals surface area (Å²) in [4.78, 5) is 45.1. The van der Waals surface area contributed by atoms with Crippen molar-refractivity contribution in [1.82, 2.24) is 20.7 Å². The Kier molecular flexibility index (Phi) is 7.19. The molecule has 2 heterocycles. The van der Waals surface area contributed by atoms with Gasteiger partial charge in [0.25, 0.3) is 11.8 Å². The van der Waals surface area contributed by atoms with Gasteiger partial charge in [0.15, 0.2) is 0 Å². The molecule has 3 N–H and O–H groups in total. The maximum Gasteiger partial charge on any atom is 0.260 e. The molecule has 0 saturated carbocycles. The van der Waals surface area contributed by atoms with Gasteiger partial charge in [0.2, 0.25) is 5.91 Å². The molecule has 0 saturated heterocycles. The highest BCUT2D eigenvalue weighted by Crippen LogP contribution is 2.46. The van der Waals surface area contributed by atoms with Crippen molar-refractivity contribution in [2.45, 2.75) is 25.4 Å². The molecule has 2 atom stereocenters. The monoisotopic (exact) mass is 558 g/mol. The number of benzene rings is 4. The smallest absolute Gasteiger partial charge is 0.260 e. The van der Waals surface area contributed by atoms with Gasteiger partial charge in [-0.25, -0.2) is 0 Å². The van der Waals surface area contributed by atoms with Crippen LogP contribution in [0.1, 0.15) is 40.0 Å². The first kappa shape index (κ1) is 26.8. The number of ether oxygens (including phenoxy) is 1. The zero-order chi connectivity index (χ0) is 29.2. The highest BCUT2D eigenvalue weighted by Gasteiger charge is 2.44. The lowest BCUT2D eigenvalue weighted by atomic mass is 9.92. The summed E-state index contributed by atoms with van der Waals surface area (Å²) < 4.78 is 5.16. The van der Waals surface area contributed by atoms with Gasteiger partial charge >= 0.3 is 0 Å². The predicted molar refractivity (Wildman–Crippen MR) is 161 cm³/mol. The number of amides is 3. The van der Waals surface area contributed by atoms with Crippen LogP contribution < -0.4 is 15.6 Å². The van der Waals surface area contributed by atoms with Crippen LogP contribution in [0.3, 0.4) is 0 Å². The highest BCUT2D eigenvalue weighted by molar-refractivity contribution is 6.04. The van der Waals surface area contributed by atoms with Crippen molar-refractivity contribution in [3.8, 4) is 17.0 Å². The third-order valence-electron chi connectivity index (χ3n) is 7.73. The van der Waals surface area contributed by atoms with E-state index in [1.807, 2.05) is 72.8 Å². The summed E-state index contributed by atoms with van der Waals surface area (Å²) in [7, 11) is 1.58. The SMILES string of the molecule is COc1ccc(CC(=O)NNC(=O)C(C)N2C(=O)c3ccccc3C2c2c(-c3ccccc3)[nH]c3ccccc23)cc1. The van der Waals surface area contributed by atoms with Crippen molar-refractivity contribution in [2.24, 2.45) is 0 Å². The molecule has 0 fully saturated rings.